The Balaban J connectivity index is 1.85. The van der Waals surface area contributed by atoms with Crippen LogP contribution in [0, 0.1) is 6.92 Å². The molecule has 1 heterocycles. The van der Waals surface area contributed by atoms with Crippen LogP contribution in [0.25, 0.3) is 0 Å². The number of anilines is 2. The molecule has 4 heteroatoms. The molecule has 1 aromatic carbocycles. The van der Waals surface area contributed by atoms with Crippen LogP contribution in [0.3, 0.4) is 0 Å². The number of hydrogen-bond acceptors (Lipinski definition) is 4. The zero-order chi connectivity index (χ0) is 13.8. The molecule has 0 aromatic heterocycles. The fourth-order valence-electron chi connectivity index (χ4n) is 2.36. The lowest BCUT2D eigenvalue weighted by molar-refractivity contribution is 0.0581. The standard InChI is InChI=1S/C15H25N3O/c1-12-10-13(4-5-15(12)16)18-7-6-14(11-18)19-9-8-17(2)3/h4-5,10,14H,6-9,11,16H2,1-3H3. The second-order valence-corrected chi connectivity index (χ2v) is 5.57. The Hall–Kier alpha value is -1.26. The fourth-order valence-corrected chi connectivity index (χ4v) is 2.36. The summed E-state index contributed by atoms with van der Waals surface area (Å²) >= 11 is 0. The Morgan fingerprint density at radius 2 is 2.21 bits per heavy atom. The predicted molar refractivity (Wildman–Crippen MR) is 80.7 cm³/mol. The molecule has 0 amide bonds. The van der Waals surface area contributed by atoms with Gasteiger partial charge in [0.25, 0.3) is 0 Å². The largest absolute Gasteiger partial charge is 0.399 e. The van der Waals surface area contributed by atoms with E-state index in [9.17, 15) is 0 Å². The van der Waals surface area contributed by atoms with E-state index in [-0.39, 0.29) is 0 Å². The maximum absolute atomic E-state index is 5.91. The molecule has 106 valence electrons. The maximum Gasteiger partial charge on any atom is 0.0767 e. The molecule has 0 aliphatic carbocycles. The van der Waals surface area contributed by atoms with Crippen molar-refractivity contribution < 1.29 is 4.74 Å². The van der Waals surface area contributed by atoms with Crippen molar-refractivity contribution in [1.29, 1.82) is 0 Å². The van der Waals surface area contributed by atoms with Crippen LogP contribution in [0.4, 0.5) is 11.4 Å². The quantitative estimate of drug-likeness (QED) is 0.822. The number of benzene rings is 1. The van der Waals surface area contributed by atoms with Gasteiger partial charge in [-0.2, -0.15) is 0 Å². The van der Waals surface area contributed by atoms with Crippen molar-refractivity contribution in [3.8, 4) is 0 Å². The van der Waals surface area contributed by atoms with E-state index in [2.05, 4.69) is 43.0 Å². The molecule has 1 unspecified atom stereocenters. The van der Waals surface area contributed by atoms with Crippen molar-refractivity contribution in [2.45, 2.75) is 19.4 Å². The van der Waals surface area contributed by atoms with E-state index in [1.807, 2.05) is 6.07 Å². The number of nitrogens with zero attached hydrogens (tertiary/aromatic N) is 2. The smallest absolute Gasteiger partial charge is 0.0767 e. The van der Waals surface area contributed by atoms with Gasteiger partial charge in [-0.3, -0.25) is 0 Å². The van der Waals surface area contributed by atoms with Crippen LogP contribution >= 0.6 is 0 Å². The number of rotatable bonds is 5. The molecule has 1 fully saturated rings. The van der Waals surface area contributed by atoms with Gasteiger partial charge in [0.2, 0.25) is 0 Å². The monoisotopic (exact) mass is 263 g/mol. The van der Waals surface area contributed by atoms with E-state index >= 15 is 0 Å². The third kappa shape index (κ3) is 3.85. The summed E-state index contributed by atoms with van der Waals surface area (Å²) in [6.45, 7) is 5.90. The molecule has 2 N–H and O–H groups in total. The van der Waals surface area contributed by atoms with E-state index in [1.54, 1.807) is 0 Å². The van der Waals surface area contributed by atoms with E-state index in [0.717, 1.165) is 43.9 Å². The Morgan fingerprint density at radius 3 is 2.89 bits per heavy atom. The highest BCUT2D eigenvalue weighted by atomic mass is 16.5. The second-order valence-electron chi connectivity index (χ2n) is 5.57. The molecule has 2 rings (SSSR count). The van der Waals surface area contributed by atoms with E-state index in [0.29, 0.717) is 6.10 Å². The van der Waals surface area contributed by atoms with Gasteiger partial charge in [0, 0.05) is 31.0 Å². The number of hydrogen-bond donors (Lipinski definition) is 1. The minimum absolute atomic E-state index is 0.359. The summed E-state index contributed by atoms with van der Waals surface area (Å²) in [6.07, 6.45) is 1.47. The third-order valence-corrected chi connectivity index (χ3v) is 3.66. The van der Waals surface area contributed by atoms with Crippen LogP contribution in [-0.4, -0.2) is 51.3 Å². The first-order valence-electron chi connectivity index (χ1n) is 6.93. The molecule has 1 atom stereocenters. The zero-order valence-electron chi connectivity index (χ0n) is 12.2. The van der Waals surface area contributed by atoms with Gasteiger partial charge in [-0.05, 0) is 51.2 Å². The topological polar surface area (TPSA) is 41.7 Å². The first-order chi connectivity index (χ1) is 9.06. The van der Waals surface area contributed by atoms with E-state index in [1.165, 1.54) is 5.69 Å². The zero-order valence-corrected chi connectivity index (χ0v) is 12.2. The molecule has 1 aliphatic rings. The highest BCUT2D eigenvalue weighted by molar-refractivity contribution is 5.58. The highest BCUT2D eigenvalue weighted by Gasteiger charge is 2.23. The van der Waals surface area contributed by atoms with Crippen molar-refractivity contribution >= 4 is 11.4 Å². The average molecular weight is 263 g/mol. The van der Waals surface area contributed by atoms with Gasteiger partial charge in [-0.25, -0.2) is 0 Å². The second kappa shape index (κ2) is 6.26. The molecule has 4 nitrogen and oxygen atoms in total. The molecule has 1 aromatic rings. The maximum atomic E-state index is 5.91. The minimum atomic E-state index is 0.359. The Bertz CT molecular complexity index is 420. The van der Waals surface area contributed by atoms with Crippen LogP contribution in [0.5, 0.6) is 0 Å². The van der Waals surface area contributed by atoms with Crippen LogP contribution < -0.4 is 10.6 Å². The average Bonchev–Trinajstić information content (AvgIpc) is 2.81. The van der Waals surface area contributed by atoms with Gasteiger partial charge < -0.3 is 20.3 Å². The number of likely N-dealkylation sites (N-methyl/N-ethyl adjacent to an activating group) is 1. The first-order valence-corrected chi connectivity index (χ1v) is 6.93. The van der Waals surface area contributed by atoms with Gasteiger partial charge in [0.1, 0.15) is 0 Å². The lowest BCUT2D eigenvalue weighted by Crippen LogP contribution is -2.26. The first kappa shape index (κ1) is 14.2. The summed E-state index contributed by atoms with van der Waals surface area (Å²) in [4.78, 5) is 4.53. The van der Waals surface area contributed by atoms with Crippen molar-refractivity contribution in [3.63, 3.8) is 0 Å². The van der Waals surface area contributed by atoms with Gasteiger partial charge in [-0.15, -0.1) is 0 Å². The highest BCUT2D eigenvalue weighted by Crippen LogP contribution is 2.25. The van der Waals surface area contributed by atoms with Gasteiger partial charge >= 0.3 is 0 Å². The SMILES string of the molecule is Cc1cc(N2CCC(OCCN(C)C)C2)ccc1N. The summed E-state index contributed by atoms with van der Waals surface area (Å²) in [7, 11) is 4.14. The summed E-state index contributed by atoms with van der Waals surface area (Å²) in [5.74, 6) is 0. The van der Waals surface area contributed by atoms with Crippen LogP contribution in [0.1, 0.15) is 12.0 Å². The predicted octanol–water partition coefficient (Wildman–Crippen LogP) is 1.73. The molecule has 1 saturated heterocycles. The molecule has 0 spiro atoms. The van der Waals surface area contributed by atoms with Crippen LogP contribution in [0.2, 0.25) is 0 Å². The molecule has 0 radical (unpaired) electrons. The molecule has 0 saturated carbocycles. The normalized spacial score (nSPS) is 19.4. The van der Waals surface area contributed by atoms with E-state index in [4.69, 9.17) is 10.5 Å². The van der Waals surface area contributed by atoms with Gasteiger partial charge in [0.05, 0.1) is 12.7 Å². The van der Waals surface area contributed by atoms with Crippen LogP contribution in [0.15, 0.2) is 18.2 Å². The fraction of sp³-hybridized carbons (Fsp3) is 0.600. The number of aryl methyl sites for hydroxylation is 1. The molecule has 1 aliphatic heterocycles. The number of nitrogens with two attached hydrogens (primary N) is 1. The van der Waals surface area contributed by atoms with Crippen molar-refractivity contribution in [2.75, 3.05) is 51.0 Å². The van der Waals surface area contributed by atoms with Crippen LogP contribution in [-0.2, 0) is 4.74 Å². The van der Waals surface area contributed by atoms with Gasteiger partial charge in [0.15, 0.2) is 0 Å². The van der Waals surface area contributed by atoms with Crippen molar-refractivity contribution in [1.82, 2.24) is 4.90 Å². The Morgan fingerprint density at radius 1 is 1.42 bits per heavy atom. The number of nitrogen functional groups attached to an aromatic ring is 1. The minimum Gasteiger partial charge on any atom is -0.399 e. The molecule has 19 heavy (non-hydrogen) atoms. The summed E-state index contributed by atoms with van der Waals surface area (Å²) < 4.78 is 5.91. The van der Waals surface area contributed by atoms with E-state index < -0.39 is 0 Å². The van der Waals surface area contributed by atoms with Crippen molar-refractivity contribution in [3.05, 3.63) is 23.8 Å². The Labute approximate surface area is 116 Å². The summed E-state index contributed by atoms with van der Waals surface area (Å²) in [5.41, 5.74) is 9.13. The number of ether oxygens (including phenoxy) is 1. The third-order valence-electron chi connectivity index (χ3n) is 3.66. The molecular formula is C15H25N3O. The Kier molecular flexibility index (Phi) is 4.66. The summed E-state index contributed by atoms with van der Waals surface area (Å²) in [5, 5.41) is 0. The van der Waals surface area contributed by atoms with Crippen molar-refractivity contribution in [2.24, 2.45) is 0 Å². The van der Waals surface area contributed by atoms with Gasteiger partial charge in [-0.1, -0.05) is 0 Å². The summed E-state index contributed by atoms with van der Waals surface area (Å²) in [6, 6.07) is 6.26. The molecule has 0 bridgehead atoms. The lowest BCUT2D eigenvalue weighted by Gasteiger charge is -2.20. The lowest BCUT2D eigenvalue weighted by atomic mass is 10.2. The molecular weight excluding hydrogens is 238 g/mol.